The van der Waals surface area contributed by atoms with E-state index in [0.717, 1.165) is 20.4 Å². The van der Waals surface area contributed by atoms with Crippen LogP contribution < -0.4 is 16.6 Å². The molecule has 0 aliphatic rings. The largest absolute Gasteiger partial charge is 0.352 e. The molecule has 4 aromatic rings. The Morgan fingerprint density at radius 2 is 1.70 bits per heavy atom. The molecule has 0 spiro atoms. The number of hydrogen-bond acceptors (Lipinski definition) is 4. The molecule has 0 atom stereocenters. The van der Waals surface area contributed by atoms with Gasteiger partial charge < -0.3 is 5.32 Å². The van der Waals surface area contributed by atoms with Crippen LogP contribution in [0.15, 0.2) is 88.5 Å². The molecule has 0 bridgehead atoms. The van der Waals surface area contributed by atoms with E-state index in [1.807, 2.05) is 31.2 Å². The number of nitrogens with zero attached hydrogens (tertiary/aromatic N) is 3. The number of aryl methyl sites for hydroxylation is 1. The van der Waals surface area contributed by atoms with E-state index in [-0.39, 0.29) is 13.1 Å². The number of hydrogen-bond donors (Lipinski definition) is 1. The lowest BCUT2D eigenvalue weighted by molar-refractivity contribution is 0.0941. The lowest BCUT2D eigenvalue weighted by Crippen LogP contribution is -2.46. The highest BCUT2D eigenvalue weighted by Gasteiger charge is 2.20. The van der Waals surface area contributed by atoms with Crippen molar-refractivity contribution in [1.29, 1.82) is 0 Å². The Hall–Kier alpha value is -4.33. The van der Waals surface area contributed by atoms with Crippen molar-refractivity contribution in [3.63, 3.8) is 0 Å². The van der Waals surface area contributed by atoms with Crippen LogP contribution in [0.2, 0.25) is 0 Å². The van der Waals surface area contributed by atoms with Crippen LogP contribution in [0.1, 0.15) is 27.2 Å². The molecule has 33 heavy (non-hydrogen) atoms. The van der Waals surface area contributed by atoms with Crippen LogP contribution in [0.4, 0.5) is 4.39 Å². The van der Waals surface area contributed by atoms with E-state index in [9.17, 15) is 18.8 Å². The molecular weight excluding hydrogens is 423 g/mol. The number of rotatable bonds is 6. The molecule has 8 heteroatoms. The Bertz CT molecular complexity index is 1430. The minimum Gasteiger partial charge on any atom is -0.346 e. The summed E-state index contributed by atoms with van der Waals surface area (Å²) in [7, 11) is 0. The fourth-order valence-electron chi connectivity index (χ4n) is 3.40. The molecule has 0 aliphatic heterocycles. The number of para-hydroxylation sites is 1. The zero-order chi connectivity index (χ0) is 23.4. The summed E-state index contributed by atoms with van der Waals surface area (Å²) in [4.78, 5) is 39.2. The van der Waals surface area contributed by atoms with Gasteiger partial charge in [0.1, 0.15) is 5.82 Å². The predicted octanol–water partition coefficient (Wildman–Crippen LogP) is 2.82. The fourth-order valence-corrected chi connectivity index (χ4v) is 3.40. The summed E-state index contributed by atoms with van der Waals surface area (Å²) >= 11 is 0. The third-order valence-electron chi connectivity index (χ3n) is 5.21. The first-order valence-electron chi connectivity index (χ1n) is 10.3. The lowest BCUT2D eigenvalue weighted by atomic mass is 10.1. The second-order valence-corrected chi connectivity index (χ2v) is 7.51. The van der Waals surface area contributed by atoms with E-state index in [0.29, 0.717) is 11.3 Å². The van der Waals surface area contributed by atoms with Crippen LogP contribution >= 0.6 is 0 Å². The van der Waals surface area contributed by atoms with Gasteiger partial charge in [0.15, 0.2) is 0 Å². The maximum Gasteiger partial charge on any atom is 0.352 e. The summed E-state index contributed by atoms with van der Waals surface area (Å²) < 4.78 is 15.5. The Morgan fingerprint density at radius 3 is 2.42 bits per heavy atom. The average molecular weight is 444 g/mol. The third kappa shape index (κ3) is 4.79. The zero-order valence-corrected chi connectivity index (χ0v) is 17.9. The molecule has 0 fully saturated rings. The number of halogens is 1. The number of amides is 1. The molecule has 0 saturated heterocycles. The number of nitrogens with one attached hydrogen (secondary N) is 1. The Kier molecular flexibility index (Phi) is 6.26. The second kappa shape index (κ2) is 9.44. The molecule has 7 nitrogen and oxygen atoms in total. The van der Waals surface area contributed by atoms with Gasteiger partial charge in [-0.3, -0.25) is 14.2 Å². The maximum atomic E-state index is 13.4. The Balaban J connectivity index is 1.77. The van der Waals surface area contributed by atoms with Crippen LogP contribution in [0.5, 0.6) is 0 Å². The van der Waals surface area contributed by atoms with Gasteiger partial charge in [-0.05, 0) is 47.9 Å². The van der Waals surface area contributed by atoms with Crippen LogP contribution in [-0.2, 0) is 13.1 Å². The van der Waals surface area contributed by atoms with Crippen molar-refractivity contribution >= 4 is 5.91 Å². The van der Waals surface area contributed by atoms with E-state index in [1.165, 1.54) is 18.2 Å². The molecule has 0 aliphatic carbocycles. The summed E-state index contributed by atoms with van der Waals surface area (Å²) in [6, 6.07) is 21.7. The van der Waals surface area contributed by atoms with E-state index in [2.05, 4.69) is 10.4 Å². The van der Waals surface area contributed by atoms with E-state index in [1.54, 1.807) is 36.4 Å². The van der Waals surface area contributed by atoms with Gasteiger partial charge in [0.25, 0.3) is 11.5 Å². The van der Waals surface area contributed by atoms with Crippen LogP contribution in [0.3, 0.4) is 0 Å². The van der Waals surface area contributed by atoms with Crippen molar-refractivity contribution in [2.45, 2.75) is 20.0 Å². The molecule has 3 aromatic carbocycles. The zero-order valence-electron chi connectivity index (χ0n) is 17.9. The molecule has 1 aromatic heterocycles. The molecule has 166 valence electrons. The minimum absolute atomic E-state index is 0.0000296. The summed E-state index contributed by atoms with van der Waals surface area (Å²) in [5, 5.41) is 6.67. The van der Waals surface area contributed by atoms with Crippen LogP contribution in [0.25, 0.3) is 5.69 Å². The first-order valence-corrected chi connectivity index (χ1v) is 10.3. The molecule has 1 amide bonds. The summed E-state index contributed by atoms with van der Waals surface area (Å²) in [5.74, 6) is -1.19. The molecule has 1 heterocycles. The smallest absolute Gasteiger partial charge is 0.346 e. The van der Waals surface area contributed by atoms with Crippen LogP contribution in [-0.4, -0.2) is 20.3 Å². The van der Waals surface area contributed by atoms with Crippen molar-refractivity contribution in [3.05, 3.63) is 128 Å². The molecule has 4 rings (SSSR count). The van der Waals surface area contributed by atoms with E-state index in [4.69, 9.17) is 0 Å². The van der Waals surface area contributed by atoms with Gasteiger partial charge in [0.05, 0.1) is 12.2 Å². The molecule has 0 unspecified atom stereocenters. The number of benzene rings is 3. The maximum absolute atomic E-state index is 13.4. The van der Waals surface area contributed by atoms with Gasteiger partial charge >= 0.3 is 5.69 Å². The van der Waals surface area contributed by atoms with Gasteiger partial charge in [-0.1, -0.05) is 54.6 Å². The normalized spacial score (nSPS) is 10.7. The van der Waals surface area contributed by atoms with Crippen molar-refractivity contribution < 1.29 is 9.18 Å². The van der Waals surface area contributed by atoms with Crippen molar-refractivity contribution in [3.8, 4) is 5.69 Å². The van der Waals surface area contributed by atoms with Crippen molar-refractivity contribution in [2.75, 3.05) is 0 Å². The second-order valence-electron chi connectivity index (χ2n) is 7.51. The van der Waals surface area contributed by atoms with Gasteiger partial charge in [-0.2, -0.15) is 9.78 Å². The van der Waals surface area contributed by atoms with Crippen molar-refractivity contribution in [1.82, 2.24) is 19.7 Å². The Morgan fingerprint density at radius 1 is 0.970 bits per heavy atom. The SMILES string of the molecule is Cc1ccccc1Cn1c(=O)c(C(=O)NCc2cccc(F)c2)nn(-c2ccccc2)c1=O. The molecule has 1 N–H and O–H groups in total. The third-order valence-corrected chi connectivity index (χ3v) is 5.21. The van der Waals surface area contributed by atoms with E-state index >= 15 is 0 Å². The standard InChI is InChI=1S/C25H21FN4O3/c1-17-8-5-6-10-19(17)16-29-24(32)22(23(31)27-15-18-9-7-11-20(26)14-18)28-30(25(29)33)21-12-3-2-4-13-21/h2-14H,15-16H2,1H3,(H,27,31). The van der Waals surface area contributed by atoms with Gasteiger partial charge in [-0.15, -0.1) is 0 Å². The molecular formula is C25H21FN4O3. The lowest BCUT2D eigenvalue weighted by Gasteiger charge is -2.13. The fraction of sp³-hybridized carbons (Fsp3) is 0.120. The molecule has 0 radical (unpaired) electrons. The van der Waals surface area contributed by atoms with Crippen molar-refractivity contribution in [2.24, 2.45) is 0 Å². The minimum atomic E-state index is -0.799. The van der Waals surface area contributed by atoms with E-state index < -0.39 is 28.7 Å². The van der Waals surface area contributed by atoms with Crippen LogP contribution in [0, 0.1) is 12.7 Å². The first kappa shape index (κ1) is 21.9. The summed E-state index contributed by atoms with van der Waals surface area (Å²) in [6.45, 7) is 1.87. The predicted molar refractivity (Wildman–Crippen MR) is 122 cm³/mol. The topological polar surface area (TPSA) is 86.0 Å². The highest BCUT2D eigenvalue weighted by Crippen LogP contribution is 2.08. The Labute approximate surface area is 188 Å². The number of carbonyl (C=O) groups is 1. The summed E-state index contributed by atoms with van der Waals surface area (Å²) in [6.07, 6.45) is 0. The number of aromatic nitrogens is 3. The monoisotopic (exact) mass is 444 g/mol. The highest BCUT2D eigenvalue weighted by atomic mass is 19.1. The highest BCUT2D eigenvalue weighted by molar-refractivity contribution is 5.91. The van der Waals surface area contributed by atoms with Gasteiger partial charge in [0, 0.05) is 6.54 Å². The quantitative estimate of drug-likeness (QED) is 0.496. The first-order chi connectivity index (χ1) is 15.9. The number of carbonyl (C=O) groups excluding carboxylic acids is 1. The average Bonchev–Trinajstić information content (AvgIpc) is 2.82. The molecule has 0 saturated carbocycles. The van der Waals surface area contributed by atoms with Gasteiger partial charge in [0.2, 0.25) is 5.69 Å². The summed E-state index contributed by atoms with van der Waals surface area (Å²) in [5.41, 5.74) is 0.740. The van der Waals surface area contributed by atoms with Gasteiger partial charge in [-0.25, -0.2) is 9.18 Å².